The Morgan fingerprint density at radius 2 is 1.33 bits per heavy atom. The van der Waals surface area contributed by atoms with Gasteiger partial charge < -0.3 is 19.5 Å². The molecule has 2 rings (SSSR count). The van der Waals surface area contributed by atoms with Gasteiger partial charge in [-0.15, -0.1) is 0 Å². The normalized spacial score (nSPS) is 10.2. The van der Waals surface area contributed by atoms with Crippen LogP contribution in [0.4, 0.5) is 25.8 Å². The summed E-state index contributed by atoms with van der Waals surface area (Å²) in [6.07, 6.45) is 1.55. The molecule has 10 nitrogen and oxygen atoms in total. The van der Waals surface area contributed by atoms with Gasteiger partial charge in [-0.1, -0.05) is 51.1 Å². The number of hydrogen-bond acceptors (Lipinski definition) is 7. The Bertz CT molecular complexity index is 1110. The van der Waals surface area contributed by atoms with Crippen molar-refractivity contribution < 1.29 is 33.4 Å². The Labute approximate surface area is 229 Å². The summed E-state index contributed by atoms with van der Waals surface area (Å²) < 4.78 is 15.0. The second-order valence-corrected chi connectivity index (χ2v) is 8.80. The van der Waals surface area contributed by atoms with Gasteiger partial charge in [0.1, 0.15) is 13.2 Å². The third kappa shape index (κ3) is 11.3. The van der Waals surface area contributed by atoms with Crippen LogP contribution in [0.1, 0.15) is 51.2 Å². The van der Waals surface area contributed by atoms with E-state index in [1.807, 2.05) is 38.1 Å². The molecule has 0 aromatic heterocycles. The maximum absolute atomic E-state index is 12.7. The van der Waals surface area contributed by atoms with Crippen LogP contribution in [-0.2, 0) is 25.4 Å². The standard InChI is InChI=1S/C29H37N3O7/c1-5-7-16-32(29(36)39-17-6-2)27(34)30-24-12-8-22(9-13-24)20-23-10-14-25(15-11-23)31-28(35)38-19-18-37-26(33)21(3)4/h8-15H,3,5-7,16-20H2,1-2,4H3,(H,30,34)(H,31,35). The van der Waals surface area contributed by atoms with Crippen LogP contribution < -0.4 is 10.6 Å². The molecule has 0 fully saturated rings. The van der Waals surface area contributed by atoms with E-state index in [0.717, 1.165) is 22.4 Å². The predicted molar refractivity (Wildman–Crippen MR) is 149 cm³/mol. The highest BCUT2D eigenvalue weighted by atomic mass is 16.6. The van der Waals surface area contributed by atoms with Gasteiger partial charge in [0, 0.05) is 23.5 Å². The van der Waals surface area contributed by atoms with Gasteiger partial charge in [0.05, 0.1) is 6.61 Å². The molecule has 4 amide bonds. The largest absolute Gasteiger partial charge is 0.459 e. The SMILES string of the molecule is C=C(C)C(=O)OCCOC(=O)Nc1ccc(Cc2ccc(NC(=O)N(CCCC)C(=O)OCCC)cc2)cc1. The van der Waals surface area contributed by atoms with Crippen molar-refractivity contribution in [3.05, 3.63) is 71.8 Å². The molecule has 0 saturated heterocycles. The number of nitrogens with one attached hydrogen (secondary N) is 2. The number of ether oxygens (including phenoxy) is 3. The van der Waals surface area contributed by atoms with Crippen molar-refractivity contribution in [2.24, 2.45) is 0 Å². The number of rotatable bonds is 13. The number of esters is 1. The molecule has 2 aromatic carbocycles. The zero-order valence-corrected chi connectivity index (χ0v) is 22.8. The van der Waals surface area contributed by atoms with E-state index in [4.69, 9.17) is 14.2 Å². The van der Waals surface area contributed by atoms with Gasteiger partial charge in [-0.2, -0.15) is 0 Å². The van der Waals surface area contributed by atoms with Gasteiger partial charge >= 0.3 is 24.2 Å². The topological polar surface area (TPSA) is 123 Å². The van der Waals surface area contributed by atoms with Crippen LogP contribution in [0.3, 0.4) is 0 Å². The summed E-state index contributed by atoms with van der Waals surface area (Å²) in [5, 5.41) is 5.37. The monoisotopic (exact) mass is 539 g/mol. The zero-order chi connectivity index (χ0) is 28.6. The minimum absolute atomic E-state index is 0.0524. The lowest BCUT2D eigenvalue weighted by molar-refractivity contribution is -0.139. The summed E-state index contributed by atoms with van der Waals surface area (Å²) in [4.78, 5) is 49.3. The van der Waals surface area contributed by atoms with E-state index in [1.54, 1.807) is 24.3 Å². The van der Waals surface area contributed by atoms with E-state index in [1.165, 1.54) is 6.92 Å². The number of imide groups is 1. The molecule has 0 aliphatic rings. The number of carbonyl (C=O) groups excluding carboxylic acids is 4. The number of nitrogens with zero attached hydrogens (tertiary/aromatic N) is 1. The van der Waals surface area contributed by atoms with Crippen LogP contribution in [0.5, 0.6) is 0 Å². The van der Waals surface area contributed by atoms with E-state index in [-0.39, 0.29) is 31.9 Å². The first-order valence-electron chi connectivity index (χ1n) is 12.9. The van der Waals surface area contributed by atoms with Gasteiger partial charge in [0.25, 0.3) is 0 Å². The quantitative estimate of drug-likeness (QED) is 0.136. The lowest BCUT2D eigenvalue weighted by Gasteiger charge is -2.20. The van der Waals surface area contributed by atoms with E-state index in [9.17, 15) is 19.2 Å². The van der Waals surface area contributed by atoms with E-state index >= 15 is 0 Å². The number of unbranched alkanes of at least 4 members (excludes halogenated alkanes) is 1. The fourth-order valence-corrected chi connectivity index (χ4v) is 3.24. The molecule has 0 spiro atoms. The van der Waals surface area contributed by atoms with Crippen molar-refractivity contribution in [2.45, 2.75) is 46.5 Å². The molecule has 10 heteroatoms. The lowest BCUT2D eigenvalue weighted by atomic mass is 10.0. The van der Waals surface area contributed by atoms with Crippen LogP contribution in [0.25, 0.3) is 0 Å². The van der Waals surface area contributed by atoms with Crippen molar-refractivity contribution in [3.8, 4) is 0 Å². The highest BCUT2D eigenvalue weighted by Gasteiger charge is 2.22. The number of carbonyl (C=O) groups is 4. The van der Waals surface area contributed by atoms with Gasteiger partial charge in [0.2, 0.25) is 0 Å². The number of benzene rings is 2. The lowest BCUT2D eigenvalue weighted by Crippen LogP contribution is -2.41. The van der Waals surface area contributed by atoms with Crippen molar-refractivity contribution in [3.63, 3.8) is 0 Å². The first kappa shape index (κ1) is 30.9. The molecular weight excluding hydrogens is 502 g/mol. The summed E-state index contributed by atoms with van der Waals surface area (Å²) in [6, 6.07) is 14.1. The maximum atomic E-state index is 12.7. The second-order valence-electron chi connectivity index (χ2n) is 8.80. The maximum Gasteiger partial charge on any atom is 0.417 e. The Balaban J connectivity index is 1.84. The smallest absolute Gasteiger partial charge is 0.417 e. The Kier molecular flexibility index (Phi) is 13.1. The number of urea groups is 1. The van der Waals surface area contributed by atoms with Crippen LogP contribution in [-0.4, -0.2) is 55.5 Å². The fraction of sp³-hybridized carbons (Fsp3) is 0.379. The molecular formula is C29H37N3O7. The average molecular weight is 540 g/mol. The summed E-state index contributed by atoms with van der Waals surface area (Å²) in [7, 11) is 0. The molecule has 0 aliphatic heterocycles. The van der Waals surface area contributed by atoms with E-state index in [2.05, 4.69) is 17.2 Å². The predicted octanol–water partition coefficient (Wildman–Crippen LogP) is 6.13. The van der Waals surface area contributed by atoms with Gasteiger partial charge in [0.15, 0.2) is 0 Å². The van der Waals surface area contributed by atoms with Crippen molar-refractivity contribution in [1.82, 2.24) is 4.90 Å². The average Bonchev–Trinajstić information content (AvgIpc) is 2.92. The summed E-state index contributed by atoms with van der Waals surface area (Å²) >= 11 is 0. The first-order chi connectivity index (χ1) is 18.7. The summed E-state index contributed by atoms with van der Waals surface area (Å²) in [5.74, 6) is -0.535. The number of amides is 4. The Morgan fingerprint density at radius 3 is 1.87 bits per heavy atom. The van der Waals surface area contributed by atoms with Crippen LogP contribution in [0.2, 0.25) is 0 Å². The van der Waals surface area contributed by atoms with Gasteiger partial charge in [-0.25, -0.2) is 24.1 Å². The Morgan fingerprint density at radius 1 is 0.769 bits per heavy atom. The molecule has 2 aromatic rings. The summed E-state index contributed by atoms with van der Waals surface area (Å²) in [6.45, 7) is 9.32. The molecule has 0 heterocycles. The van der Waals surface area contributed by atoms with Crippen LogP contribution >= 0.6 is 0 Å². The van der Waals surface area contributed by atoms with E-state index in [0.29, 0.717) is 30.6 Å². The number of hydrogen-bond donors (Lipinski definition) is 2. The molecule has 39 heavy (non-hydrogen) atoms. The molecule has 0 bridgehead atoms. The van der Waals surface area contributed by atoms with Crippen LogP contribution in [0.15, 0.2) is 60.7 Å². The molecule has 0 unspecified atom stereocenters. The van der Waals surface area contributed by atoms with Crippen molar-refractivity contribution in [2.75, 3.05) is 37.0 Å². The van der Waals surface area contributed by atoms with E-state index < -0.39 is 24.2 Å². The zero-order valence-electron chi connectivity index (χ0n) is 22.8. The van der Waals surface area contributed by atoms with Crippen LogP contribution in [0, 0.1) is 0 Å². The highest BCUT2D eigenvalue weighted by molar-refractivity contribution is 5.99. The fourth-order valence-electron chi connectivity index (χ4n) is 3.24. The summed E-state index contributed by atoms with van der Waals surface area (Å²) in [5.41, 5.74) is 3.44. The third-order valence-electron chi connectivity index (χ3n) is 5.34. The molecule has 2 N–H and O–H groups in total. The highest BCUT2D eigenvalue weighted by Crippen LogP contribution is 2.17. The first-order valence-corrected chi connectivity index (χ1v) is 12.9. The van der Waals surface area contributed by atoms with Crippen molar-refractivity contribution in [1.29, 1.82) is 0 Å². The minimum atomic E-state index is -0.654. The molecule has 0 atom stereocenters. The third-order valence-corrected chi connectivity index (χ3v) is 5.34. The van der Waals surface area contributed by atoms with Gasteiger partial charge in [-0.3, -0.25) is 5.32 Å². The molecule has 0 radical (unpaired) electrons. The number of anilines is 2. The molecule has 210 valence electrons. The van der Waals surface area contributed by atoms with Crippen molar-refractivity contribution >= 4 is 35.6 Å². The Hall–Kier alpha value is -4.34. The molecule has 0 saturated carbocycles. The minimum Gasteiger partial charge on any atom is -0.459 e. The molecule has 0 aliphatic carbocycles. The second kappa shape index (κ2) is 16.5. The van der Waals surface area contributed by atoms with Gasteiger partial charge in [-0.05, 0) is 61.6 Å².